The third kappa shape index (κ3) is 5.08. The molecule has 0 saturated carbocycles. The number of carbonyl (C=O) groups is 1. The minimum absolute atomic E-state index is 0.118. The fourth-order valence-corrected chi connectivity index (χ4v) is 1.00. The molecule has 1 unspecified atom stereocenters. The summed E-state index contributed by atoms with van der Waals surface area (Å²) in [5, 5.41) is 2.75. The van der Waals surface area contributed by atoms with Crippen molar-refractivity contribution in [1.82, 2.24) is 5.32 Å². The largest absolute Gasteiger partial charge is 0.355 e. The lowest BCUT2D eigenvalue weighted by atomic mass is 10.1. The quantitative estimate of drug-likeness (QED) is 0.638. The highest BCUT2D eigenvalue weighted by atomic mass is 35.5. The van der Waals surface area contributed by atoms with Gasteiger partial charge in [-0.15, -0.1) is 11.6 Å². The average molecular weight is 178 g/mol. The van der Waals surface area contributed by atoms with E-state index in [1.54, 1.807) is 0 Å². The zero-order chi connectivity index (χ0) is 8.69. The highest BCUT2D eigenvalue weighted by Crippen LogP contribution is 2.03. The molecule has 3 heteroatoms. The van der Waals surface area contributed by atoms with Crippen LogP contribution in [0.5, 0.6) is 0 Å². The van der Waals surface area contributed by atoms with Crippen LogP contribution >= 0.6 is 11.6 Å². The molecule has 1 atom stereocenters. The van der Waals surface area contributed by atoms with E-state index < -0.39 is 0 Å². The van der Waals surface area contributed by atoms with Crippen molar-refractivity contribution < 1.29 is 4.79 Å². The lowest BCUT2D eigenvalue weighted by molar-refractivity contribution is -0.124. The lowest BCUT2D eigenvalue weighted by Gasteiger charge is -2.09. The molecule has 0 aromatic carbocycles. The Kier molecular flexibility index (Phi) is 6.33. The van der Waals surface area contributed by atoms with Crippen LogP contribution in [0.1, 0.15) is 26.7 Å². The molecule has 0 saturated heterocycles. The second-order valence-electron chi connectivity index (χ2n) is 2.67. The van der Waals surface area contributed by atoms with E-state index in [2.05, 4.69) is 12.2 Å². The smallest absolute Gasteiger partial charge is 0.222 e. The predicted octanol–water partition coefficient (Wildman–Crippen LogP) is 1.78. The van der Waals surface area contributed by atoms with E-state index in [0.29, 0.717) is 12.4 Å². The Balaban J connectivity index is 3.47. The topological polar surface area (TPSA) is 29.1 Å². The molecule has 0 aromatic heterocycles. The molecule has 1 N–H and O–H groups in total. The van der Waals surface area contributed by atoms with Crippen molar-refractivity contribution in [3.63, 3.8) is 0 Å². The summed E-state index contributed by atoms with van der Waals surface area (Å²) < 4.78 is 0. The molecule has 0 aliphatic carbocycles. The maximum absolute atomic E-state index is 11.1. The molecule has 1 amide bonds. The maximum Gasteiger partial charge on any atom is 0.222 e. The van der Waals surface area contributed by atoms with E-state index in [1.807, 2.05) is 6.92 Å². The van der Waals surface area contributed by atoms with Gasteiger partial charge in [-0.05, 0) is 6.42 Å². The molecule has 0 heterocycles. The van der Waals surface area contributed by atoms with Gasteiger partial charge in [0.05, 0.1) is 0 Å². The van der Waals surface area contributed by atoms with Gasteiger partial charge in [0.25, 0.3) is 0 Å². The number of rotatable bonds is 5. The van der Waals surface area contributed by atoms with Gasteiger partial charge in [-0.25, -0.2) is 0 Å². The Bertz CT molecular complexity index is 117. The molecule has 0 radical (unpaired) electrons. The van der Waals surface area contributed by atoms with Gasteiger partial charge in [0, 0.05) is 18.3 Å². The molecule has 0 fully saturated rings. The van der Waals surface area contributed by atoms with Crippen molar-refractivity contribution in [3.8, 4) is 0 Å². The summed E-state index contributed by atoms with van der Waals surface area (Å²) in [5.41, 5.74) is 0. The third-order valence-electron chi connectivity index (χ3n) is 1.56. The van der Waals surface area contributed by atoms with E-state index in [-0.39, 0.29) is 11.8 Å². The summed E-state index contributed by atoms with van der Waals surface area (Å²) in [4.78, 5) is 11.1. The number of nitrogens with one attached hydrogen (secondary N) is 1. The molecule has 0 spiro atoms. The monoisotopic (exact) mass is 177 g/mol. The second kappa shape index (κ2) is 6.47. The molecule has 0 aliphatic rings. The SMILES string of the molecule is CCCC(C)C(=O)NCCCl. The molecule has 0 rings (SSSR count). The third-order valence-corrected chi connectivity index (χ3v) is 1.75. The number of halogens is 1. The summed E-state index contributed by atoms with van der Waals surface area (Å²) in [6, 6.07) is 0. The van der Waals surface area contributed by atoms with Gasteiger partial charge in [0.2, 0.25) is 5.91 Å². The molecule has 0 aromatic rings. The van der Waals surface area contributed by atoms with E-state index in [4.69, 9.17) is 11.6 Å². The predicted molar refractivity (Wildman–Crippen MR) is 47.8 cm³/mol. The van der Waals surface area contributed by atoms with Crippen LogP contribution in [-0.2, 0) is 4.79 Å². The zero-order valence-corrected chi connectivity index (χ0v) is 7.95. The molecule has 0 bridgehead atoms. The van der Waals surface area contributed by atoms with Crippen LogP contribution in [-0.4, -0.2) is 18.3 Å². The second-order valence-corrected chi connectivity index (χ2v) is 3.05. The number of hydrogen-bond donors (Lipinski definition) is 1. The van der Waals surface area contributed by atoms with Crippen molar-refractivity contribution in [2.24, 2.45) is 5.92 Å². The van der Waals surface area contributed by atoms with Crippen LogP contribution in [0.3, 0.4) is 0 Å². The van der Waals surface area contributed by atoms with Crippen LogP contribution in [0.25, 0.3) is 0 Å². The Morgan fingerprint density at radius 2 is 2.27 bits per heavy atom. The van der Waals surface area contributed by atoms with Crippen molar-refractivity contribution in [3.05, 3.63) is 0 Å². The fourth-order valence-electron chi connectivity index (χ4n) is 0.909. The minimum atomic E-state index is 0.118. The standard InChI is InChI=1S/C8H16ClNO/c1-3-4-7(2)8(11)10-6-5-9/h7H,3-6H2,1-2H3,(H,10,11). The van der Waals surface area contributed by atoms with Crippen LogP contribution in [0, 0.1) is 5.92 Å². The van der Waals surface area contributed by atoms with Gasteiger partial charge >= 0.3 is 0 Å². The van der Waals surface area contributed by atoms with Gasteiger partial charge in [0.1, 0.15) is 0 Å². The van der Waals surface area contributed by atoms with Gasteiger partial charge in [-0.2, -0.15) is 0 Å². The average Bonchev–Trinajstić information content (AvgIpc) is 2.00. The number of alkyl halides is 1. The van der Waals surface area contributed by atoms with E-state index in [1.165, 1.54) is 0 Å². The van der Waals surface area contributed by atoms with Crippen molar-refractivity contribution in [2.45, 2.75) is 26.7 Å². The van der Waals surface area contributed by atoms with Crippen LogP contribution in [0.2, 0.25) is 0 Å². The van der Waals surface area contributed by atoms with Crippen molar-refractivity contribution in [2.75, 3.05) is 12.4 Å². The summed E-state index contributed by atoms with van der Waals surface area (Å²) >= 11 is 5.41. The summed E-state index contributed by atoms with van der Waals surface area (Å²) in [7, 11) is 0. The highest BCUT2D eigenvalue weighted by molar-refractivity contribution is 6.18. The summed E-state index contributed by atoms with van der Waals surface area (Å²) in [5.74, 6) is 0.737. The maximum atomic E-state index is 11.1. The van der Waals surface area contributed by atoms with Crippen molar-refractivity contribution in [1.29, 1.82) is 0 Å². The van der Waals surface area contributed by atoms with Gasteiger partial charge in [-0.3, -0.25) is 4.79 Å². The van der Waals surface area contributed by atoms with Gasteiger partial charge in [-0.1, -0.05) is 20.3 Å². The van der Waals surface area contributed by atoms with Gasteiger partial charge in [0.15, 0.2) is 0 Å². The van der Waals surface area contributed by atoms with Crippen LogP contribution in [0.4, 0.5) is 0 Å². The molecule has 0 aliphatic heterocycles. The van der Waals surface area contributed by atoms with Crippen LogP contribution in [0.15, 0.2) is 0 Å². The van der Waals surface area contributed by atoms with E-state index in [0.717, 1.165) is 12.8 Å². The van der Waals surface area contributed by atoms with Crippen LogP contribution < -0.4 is 5.32 Å². The molecule has 66 valence electrons. The Hall–Kier alpha value is -0.240. The molecule has 11 heavy (non-hydrogen) atoms. The first-order valence-corrected chi connectivity index (χ1v) is 4.59. The summed E-state index contributed by atoms with van der Waals surface area (Å²) in [6.07, 6.45) is 2.00. The Morgan fingerprint density at radius 3 is 2.73 bits per heavy atom. The number of amides is 1. The first kappa shape index (κ1) is 10.8. The number of carbonyl (C=O) groups excluding carboxylic acids is 1. The molecule has 2 nitrogen and oxygen atoms in total. The Labute approximate surface area is 73.3 Å². The molecular weight excluding hydrogens is 162 g/mol. The number of hydrogen-bond acceptors (Lipinski definition) is 1. The Morgan fingerprint density at radius 1 is 1.64 bits per heavy atom. The fraction of sp³-hybridized carbons (Fsp3) is 0.875. The normalized spacial score (nSPS) is 12.6. The summed E-state index contributed by atoms with van der Waals surface area (Å²) in [6.45, 7) is 4.59. The highest BCUT2D eigenvalue weighted by Gasteiger charge is 2.09. The first-order chi connectivity index (χ1) is 5.22. The van der Waals surface area contributed by atoms with Crippen molar-refractivity contribution >= 4 is 17.5 Å². The first-order valence-electron chi connectivity index (χ1n) is 4.06. The zero-order valence-electron chi connectivity index (χ0n) is 7.19. The lowest BCUT2D eigenvalue weighted by Crippen LogP contribution is -2.30. The molecular formula is C8H16ClNO. The van der Waals surface area contributed by atoms with E-state index >= 15 is 0 Å². The van der Waals surface area contributed by atoms with E-state index in [9.17, 15) is 4.79 Å². The minimum Gasteiger partial charge on any atom is -0.355 e. The van der Waals surface area contributed by atoms with Gasteiger partial charge < -0.3 is 5.32 Å².